The molecular formula is C15H15ClN2O3. The van der Waals surface area contributed by atoms with E-state index in [0.29, 0.717) is 23.9 Å². The number of nitro benzene ring substituents is 1. The van der Waals surface area contributed by atoms with Gasteiger partial charge in [-0.15, -0.1) is 0 Å². The third kappa shape index (κ3) is 4.10. The number of non-ortho nitro benzene ring substituents is 1. The Morgan fingerprint density at radius 3 is 2.81 bits per heavy atom. The lowest BCUT2D eigenvalue weighted by molar-refractivity contribution is -0.384. The van der Waals surface area contributed by atoms with Crippen LogP contribution in [-0.2, 0) is 6.54 Å². The molecule has 5 nitrogen and oxygen atoms in total. The molecule has 0 heterocycles. The van der Waals surface area contributed by atoms with Gasteiger partial charge in [-0.05, 0) is 30.7 Å². The lowest BCUT2D eigenvalue weighted by Crippen LogP contribution is -2.03. The van der Waals surface area contributed by atoms with Crippen LogP contribution >= 0.6 is 11.6 Å². The number of hydrogen-bond acceptors (Lipinski definition) is 4. The number of rotatable bonds is 6. The van der Waals surface area contributed by atoms with Crippen LogP contribution in [0.2, 0.25) is 5.02 Å². The first-order valence-electron chi connectivity index (χ1n) is 6.49. The van der Waals surface area contributed by atoms with Gasteiger partial charge >= 0.3 is 0 Å². The summed E-state index contributed by atoms with van der Waals surface area (Å²) in [6, 6.07) is 11.8. The number of anilines is 1. The van der Waals surface area contributed by atoms with Gasteiger partial charge in [-0.25, -0.2) is 0 Å². The highest BCUT2D eigenvalue weighted by molar-refractivity contribution is 6.30. The first-order chi connectivity index (χ1) is 10.1. The average molecular weight is 307 g/mol. The van der Waals surface area contributed by atoms with Gasteiger partial charge in [-0.3, -0.25) is 10.1 Å². The molecule has 0 aliphatic carbocycles. The molecule has 0 fully saturated rings. The van der Waals surface area contributed by atoms with E-state index in [0.717, 1.165) is 11.3 Å². The third-order valence-electron chi connectivity index (χ3n) is 2.85. The molecule has 2 aromatic carbocycles. The van der Waals surface area contributed by atoms with Gasteiger partial charge in [0.15, 0.2) is 0 Å². The minimum atomic E-state index is -0.408. The molecule has 0 radical (unpaired) electrons. The molecule has 0 unspecified atom stereocenters. The largest absolute Gasteiger partial charge is 0.492 e. The van der Waals surface area contributed by atoms with Crippen molar-refractivity contribution in [2.24, 2.45) is 0 Å². The Morgan fingerprint density at radius 1 is 1.29 bits per heavy atom. The summed E-state index contributed by atoms with van der Waals surface area (Å²) >= 11 is 5.98. The average Bonchev–Trinajstić information content (AvgIpc) is 2.48. The second-order valence-electron chi connectivity index (χ2n) is 4.35. The van der Waals surface area contributed by atoms with E-state index in [1.165, 1.54) is 12.1 Å². The fraction of sp³-hybridized carbons (Fsp3) is 0.200. The molecule has 0 atom stereocenters. The topological polar surface area (TPSA) is 64.4 Å². The summed E-state index contributed by atoms with van der Waals surface area (Å²) in [4.78, 5) is 10.4. The monoisotopic (exact) mass is 306 g/mol. The van der Waals surface area contributed by atoms with E-state index >= 15 is 0 Å². The molecule has 110 valence electrons. The summed E-state index contributed by atoms with van der Waals surface area (Å²) < 4.78 is 5.51. The van der Waals surface area contributed by atoms with Gasteiger partial charge in [0.05, 0.1) is 17.2 Å². The Balaban J connectivity index is 2.14. The van der Waals surface area contributed by atoms with Crippen molar-refractivity contribution in [1.82, 2.24) is 0 Å². The Bertz CT molecular complexity index is 647. The number of nitrogens with zero attached hydrogens (tertiary/aromatic N) is 1. The number of ether oxygens (including phenoxy) is 1. The van der Waals surface area contributed by atoms with Crippen molar-refractivity contribution in [3.05, 3.63) is 63.2 Å². The summed E-state index contributed by atoms with van der Waals surface area (Å²) in [5.41, 5.74) is 1.65. The molecule has 0 spiro atoms. The second kappa shape index (κ2) is 6.95. The van der Waals surface area contributed by atoms with Crippen LogP contribution in [-0.4, -0.2) is 11.5 Å². The zero-order chi connectivity index (χ0) is 15.2. The molecule has 2 rings (SSSR count). The van der Waals surface area contributed by atoms with Crippen LogP contribution < -0.4 is 10.1 Å². The van der Waals surface area contributed by atoms with Crippen molar-refractivity contribution < 1.29 is 9.66 Å². The number of halogens is 1. The van der Waals surface area contributed by atoms with Gasteiger partial charge in [-0.2, -0.15) is 0 Å². The molecule has 0 aliphatic heterocycles. The van der Waals surface area contributed by atoms with E-state index in [2.05, 4.69) is 5.32 Å². The molecular weight excluding hydrogens is 292 g/mol. The van der Waals surface area contributed by atoms with E-state index < -0.39 is 4.92 Å². The molecule has 0 bridgehead atoms. The van der Waals surface area contributed by atoms with Gasteiger partial charge in [0, 0.05) is 23.7 Å². The number of hydrogen-bond donors (Lipinski definition) is 1. The minimum absolute atomic E-state index is 0.0745. The Morgan fingerprint density at radius 2 is 2.10 bits per heavy atom. The van der Waals surface area contributed by atoms with Crippen molar-refractivity contribution in [1.29, 1.82) is 0 Å². The minimum Gasteiger partial charge on any atom is -0.492 e. The number of nitrogens with one attached hydrogen (secondary N) is 1. The first kappa shape index (κ1) is 15.1. The van der Waals surface area contributed by atoms with Gasteiger partial charge in [0.2, 0.25) is 0 Å². The predicted molar refractivity (Wildman–Crippen MR) is 83.0 cm³/mol. The quantitative estimate of drug-likeness (QED) is 0.640. The maximum absolute atomic E-state index is 10.8. The van der Waals surface area contributed by atoms with Crippen molar-refractivity contribution in [2.75, 3.05) is 11.9 Å². The molecule has 1 N–H and O–H groups in total. The zero-order valence-electron chi connectivity index (χ0n) is 11.5. The van der Waals surface area contributed by atoms with E-state index in [4.69, 9.17) is 16.3 Å². The van der Waals surface area contributed by atoms with Crippen LogP contribution in [0.15, 0.2) is 42.5 Å². The Hall–Kier alpha value is -2.27. The highest BCUT2D eigenvalue weighted by Crippen LogP contribution is 2.28. The van der Waals surface area contributed by atoms with E-state index in [9.17, 15) is 10.1 Å². The van der Waals surface area contributed by atoms with Crippen molar-refractivity contribution in [3.63, 3.8) is 0 Å². The lowest BCUT2D eigenvalue weighted by atomic mass is 10.2. The summed E-state index contributed by atoms with van der Waals surface area (Å²) in [6.45, 7) is 2.90. The van der Waals surface area contributed by atoms with Gasteiger partial charge in [0.1, 0.15) is 5.75 Å². The van der Waals surface area contributed by atoms with E-state index in [-0.39, 0.29) is 5.69 Å². The standard InChI is InChI=1S/C15H15ClN2O3/c1-2-21-15-7-6-12(16)9-14(15)17-10-11-4-3-5-13(8-11)18(19)20/h3-9,17H,2,10H2,1H3. The third-order valence-corrected chi connectivity index (χ3v) is 3.08. The number of benzene rings is 2. The van der Waals surface area contributed by atoms with Crippen molar-refractivity contribution in [2.45, 2.75) is 13.5 Å². The van der Waals surface area contributed by atoms with E-state index in [1.54, 1.807) is 24.3 Å². The molecule has 0 saturated carbocycles. The fourth-order valence-corrected chi connectivity index (χ4v) is 2.07. The molecule has 0 saturated heterocycles. The fourth-order valence-electron chi connectivity index (χ4n) is 1.90. The number of nitro groups is 1. The second-order valence-corrected chi connectivity index (χ2v) is 4.79. The maximum Gasteiger partial charge on any atom is 0.269 e. The van der Waals surface area contributed by atoms with Crippen LogP contribution in [0.5, 0.6) is 5.75 Å². The summed E-state index contributed by atoms with van der Waals surface area (Å²) in [5, 5.41) is 14.5. The molecule has 0 aliphatic rings. The summed E-state index contributed by atoms with van der Waals surface area (Å²) in [6.07, 6.45) is 0. The molecule has 6 heteroatoms. The van der Waals surface area contributed by atoms with Crippen LogP contribution in [0.25, 0.3) is 0 Å². The normalized spacial score (nSPS) is 10.2. The molecule has 0 aromatic heterocycles. The Kier molecular flexibility index (Phi) is 5.00. The zero-order valence-corrected chi connectivity index (χ0v) is 12.3. The van der Waals surface area contributed by atoms with Crippen LogP contribution in [0.3, 0.4) is 0 Å². The van der Waals surface area contributed by atoms with Crippen LogP contribution in [0.4, 0.5) is 11.4 Å². The van der Waals surface area contributed by atoms with Crippen LogP contribution in [0, 0.1) is 10.1 Å². The van der Waals surface area contributed by atoms with Crippen LogP contribution in [0.1, 0.15) is 12.5 Å². The highest BCUT2D eigenvalue weighted by Gasteiger charge is 2.07. The summed E-state index contributed by atoms with van der Waals surface area (Å²) in [5.74, 6) is 0.701. The van der Waals surface area contributed by atoms with Gasteiger partial charge < -0.3 is 10.1 Å². The molecule has 21 heavy (non-hydrogen) atoms. The predicted octanol–water partition coefficient (Wildman–Crippen LogP) is 4.26. The van der Waals surface area contributed by atoms with Gasteiger partial charge in [-0.1, -0.05) is 23.7 Å². The Labute approximate surface area is 127 Å². The first-order valence-corrected chi connectivity index (χ1v) is 6.87. The van der Waals surface area contributed by atoms with Crippen molar-refractivity contribution >= 4 is 23.0 Å². The lowest BCUT2D eigenvalue weighted by Gasteiger charge is -2.12. The molecule has 2 aromatic rings. The smallest absolute Gasteiger partial charge is 0.269 e. The van der Waals surface area contributed by atoms with Crippen molar-refractivity contribution in [3.8, 4) is 5.75 Å². The molecule has 0 amide bonds. The summed E-state index contributed by atoms with van der Waals surface area (Å²) in [7, 11) is 0. The SMILES string of the molecule is CCOc1ccc(Cl)cc1NCc1cccc([N+](=O)[O-])c1. The van der Waals surface area contributed by atoms with E-state index in [1.807, 2.05) is 13.0 Å². The highest BCUT2D eigenvalue weighted by atomic mass is 35.5. The van der Waals surface area contributed by atoms with Gasteiger partial charge in [0.25, 0.3) is 5.69 Å². The maximum atomic E-state index is 10.8.